The van der Waals surface area contributed by atoms with E-state index in [9.17, 15) is 9.90 Å². The third kappa shape index (κ3) is 2.96. The van der Waals surface area contributed by atoms with Crippen molar-refractivity contribution < 1.29 is 9.52 Å². The molecule has 0 bridgehead atoms. The van der Waals surface area contributed by atoms with E-state index < -0.39 is 11.7 Å². The lowest BCUT2D eigenvalue weighted by Gasteiger charge is -2.11. The van der Waals surface area contributed by atoms with Crippen molar-refractivity contribution in [3.05, 3.63) is 63.4 Å². The van der Waals surface area contributed by atoms with Gasteiger partial charge in [0.1, 0.15) is 11.5 Å². The number of fused-ring (bicyclic) bond motifs is 1. The number of hydrogen-bond donors (Lipinski definition) is 3. The van der Waals surface area contributed by atoms with Crippen LogP contribution in [0.1, 0.15) is 17.6 Å². The summed E-state index contributed by atoms with van der Waals surface area (Å²) in [6.07, 6.45) is 0.200. The molecule has 1 atom stereocenters. The van der Waals surface area contributed by atoms with Gasteiger partial charge in [-0.15, -0.1) is 0 Å². The van der Waals surface area contributed by atoms with E-state index in [-0.39, 0.29) is 17.2 Å². The maximum Gasteiger partial charge on any atom is 0.276 e. The highest BCUT2D eigenvalue weighted by molar-refractivity contribution is 6.31. The highest BCUT2D eigenvalue weighted by Crippen LogP contribution is 2.19. The zero-order valence-electron chi connectivity index (χ0n) is 12.1. The van der Waals surface area contributed by atoms with Gasteiger partial charge in [-0.3, -0.25) is 4.79 Å². The quantitative estimate of drug-likeness (QED) is 0.499. The number of benzene rings is 1. The number of aromatic amines is 1. The fourth-order valence-electron chi connectivity index (χ4n) is 2.18. The third-order valence-electron chi connectivity index (χ3n) is 3.20. The van der Waals surface area contributed by atoms with Gasteiger partial charge in [0.2, 0.25) is 0 Å². The van der Waals surface area contributed by atoms with Crippen LogP contribution in [0.2, 0.25) is 5.02 Å². The third-order valence-corrected chi connectivity index (χ3v) is 3.44. The zero-order valence-corrected chi connectivity index (χ0v) is 12.8. The van der Waals surface area contributed by atoms with E-state index in [4.69, 9.17) is 16.0 Å². The Labute approximate surface area is 135 Å². The average molecular weight is 333 g/mol. The fraction of sp³-hybridized carbons (Fsp3) is 0.133. The summed E-state index contributed by atoms with van der Waals surface area (Å²) in [6.45, 7) is 0. The number of rotatable bonds is 4. The molecule has 2 aromatic heterocycles. The summed E-state index contributed by atoms with van der Waals surface area (Å²) >= 11 is 5.91. The SMILES string of the molecule is CN/N=C(\c1nc2ccc(Cl)cc2[nH]c1=O)[C@H](O)c1ccco1. The molecule has 0 saturated carbocycles. The van der Waals surface area contributed by atoms with E-state index in [1.807, 2.05) is 0 Å². The van der Waals surface area contributed by atoms with Crippen molar-refractivity contribution in [2.45, 2.75) is 6.10 Å². The highest BCUT2D eigenvalue weighted by Gasteiger charge is 2.24. The van der Waals surface area contributed by atoms with Gasteiger partial charge in [-0.1, -0.05) is 11.6 Å². The first-order valence-corrected chi connectivity index (χ1v) is 7.13. The predicted octanol–water partition coefficient (Wildman–Crippen LogP) is 1.83. The van der Waals surface area contributed by atoms with Crippen molar-refractivity contribution in [1.82, 2.24) is 15.4 Å². The molecule has 0 aliphatic rings. The van der Waals surface area contributed by atoms with Crippen LogP contribution < -0.4 is 11.0 Å². The predicted molar refractivity (Wildman–Crippen MR) is 86.6 cm³/mol. The van der Waals surface area contributed by atoms with Crippen molar-refractivity contribution in [2.24, 2.45) is 5.10 Å². The molecular weight excluding hydrogens is 320 g/mol. The second kappa shape index (κ2) is 6.23. The van der Waals surface area contributed by atoms with E-state index in [2.05, 4.69) is 20.5 Å². The van der Waals surface area contributed by atoms with Crippen molar-refractivity contribution >= 4 is 28.3 Å². The van der Waals surface area contributed by atoms with Crippen LogP contribution >= 0.6 is 11.6 Å². The minimum absolute atomic E-state index is 0.00178. The van der Waals surface area contributed by atoms with Crippen LogP contribution in [0.5, 0.6) is 0 Å². The molecule has 7 nitrogen and oxygen atoms in total. The number of aromatic nitrogens is 2. The minimum Gasteiger partial charge on any atom is -0.466 e. The lowest BCUT2D eigenvalue weighted by Crippen LogP contribution is -2.27. The van der Waals surface area contributed by atoms with Crippen LogP contribution in [-0.2, 0) is 0 Å². The maximum absolute atomic E-state index is 12.3. The Kier molecular flexibility index (Phi) is 4.14. The van der Waals surface area contributed by atoms with Crippen LogP contribution in [0.25, 0.3) is 11.0 Å². The Morgan fingerprint density at radius 1 is 1.48 bits per heavy atom. The molecule has 118 valence electrons. The Morgan fingerprint density at radius 3 is 3.00 bits per heavy atom. The van der Waals surface area contributed by atoms with Crippen molar-refractivity contribution in [1.29, 1.82) is 0 Å². The molecule has 2 heterocycles. The van der Waals surface area contributed by atoms with Gasteiger partial charge < -0.3 is 19.9 Å². The standard InChI is InChI=1S/C15H13ClN4O3/c1-17-20-12(14(21)11-3-2-6-23-11)13-15(22)19-10-7-8(16)4-5-9(10)18-13/h2-7,14,17,21H,1H3,(H,19,22)/b20-12+/t14-/m1/s1. The van der Waals surface area contributed by atoms with Gasteiger partial charge in [-0.05, 0) is 30.3 Å². The van der Waals surface area contributed by atoms with Crippen LogP contribution in [0.15, 0.2) is 50.9 Å². The molecule has 0 spiro atoms. The van der Waals surface area contributed by atoms with Gasteiger partial charge in [-0.2, -0.15) is 5.10 Å². The smallest absolute Gasteiger partial charge is 0.276 e. The molecule has 0 amide bonds. The summed E-state index contributed by atoms with van der Waals surface area (Å²) < 4.78 is 5.17. The van der Waals surface area contributed by atoms with Gasteiger partial charge in [0.15, 0.2) is 11.8 Å². The van der Waals surface area contributed by atoms with E-state index >= 15 is 0 Å². The largest absolute Gasteiger partial charge is 0.466 e. The Hall–Kier alpha value is -2.64. The number of nitrogens with one attached hydrogen (secondary N) is 2. The summed E-state index contributed by atoms with van der Waals surface area (Å²) in [5.74, 6) is 0.261. The molecule has 23 heavy (non-hydrogen) atoms. The number of halogens is 1. The Balaban J connectivity index is 2.15. The molecule has 0 radical (unpaired) electrons. The van der Waals surface area contributed by atoms with Gasteiger partial charge in [0.25, 0.3) is 5.56 Å². The molecule has 0 saturated heterocycles. The Morgan fingerprint density at radius 2 is 2.30 bits per heavy atom. The molecule has 1 aromatic carbocycles. The molecule has 0 aliphatic carbocycles. The number of furan rings is 1. The van der Waals surface area contributed by atoms with Crippen molar-refractivity contribution in [3.63, 3.8) is 0 Å². The summed E-state index contributed by atoms with van der Waals surface area (Å²) in [7, 11) is 1.56. The van der Waals surface area contributed by atoms with E-state index in [1.54, 1.807) is 37.4 Å². The van der Waals surface area contributed by atoms with Crippen LogP contribution in [0.3, 0.4) is 0 Å². The second-order valence-electron chi connectivity index (χ2n) is 4.71. The van der Waals surface area contributed by atoms with E-state index in [0.717, 1.165) is 0 Å². The van der Waals surface area contributed by atoms with Gasteiger partial charge in [0, 0.05) is 12.1 Å². The number of H-pyrrole nitrogens is 1. The highest BCUT2D eigenvalue weighted by atomic mass is 35.5. The number of aliphatic hydroxyl groups is 1. The Bertz CT molecular complexity index is 918. The monoisotopic (exact) mass is 332 g/mol. The molecule has 8 heteroatoms. The summed E-state index contributed by atoms with van der Waals surface area (Å²) in [6, 6.07) is 8.16. The molecule has 0 fully saturated rings. The van der Waals surface area contributed by atoms with Crippen LogP contribution in [-0.4, -0.2) is 27.8 Å². The maximum atomic E-state index is 12.3. The van der Waals surface area contributed by atoms with Crippen molar-refractivity contribution in [2.75, 3.05) is 7.05 Å². The number of hydrogen-bond acceptors (Lipinski definition) is 6. The molecule has 3 aromatic rings. The summed E-state index contributed by atoms with van der Waals surface area (Å²) in [4.78, 5) is 19.3. The number of hydrazone groups is 1. The lowest BCUT2D eigenvalue weighted by molar-refractivity contribution is 0.214. The van der Waals surface area contributed by atoms with Gasteiger partial charge in [0.05, 0.1) is 17.3 Å². The van der Waals surface area contributed by atoms with Crippen molar-refractivity contribution in [3.8, 4) is 0 Å². The normalized spacial score (nSPS) is 13.3. The number of aliphatic hydroxyl groups excluding tert-OH is 1. The molecular formula is C15H13ClN4O3. The first-order valence-electron chi connectivity index (χ1n) is 6.76. The molecule has 3 N–H and O–H groups in total. The lowest BCUT2D eigenvalue weighted by atomic mass is 10.1. The number of nitrogens with zero attached hydrogens (tertiary/aromatic N) is 2. The first-order chi connectivity index (χ1) is 11.1. The van der Waals surface area contributed by atoms with E-state index in [0.29, 0.717) is 16.1 Å². The first kappa shape index (κ1) is 15.3. The second-order valence-corrected chi connectivity index (χ2v) is 5.15. The van der Waals surface area contributed by atoms with Crippen LogP contribution in [0.4, 0.5) is 0 Å². The molecule has 0 aliphatic heterocycles. The molecule has 0 unspecified atom stereocenters. The van der Waals surface area contributed by atoms with Crippen LogP contribution in [0, 0.1) is 0 Å². The zero-order chi connectivity index (χ0) is 16.4. The molecule has 3 rings (SSSR count). The fourth-order valence-corrected chi connectivity index (χ4v) is 2.35. The minimum atomic E-state index is -1.23. The topological polar surface area (TPSA) is 104 Å². The van der Waals surface area contributed by atoms with E-state index in [1.165, 1.54) is 6.26 Å². The van der Waals surface area contributed by atoms with Gasteiger partial charge in [-0.25, -0.2) is 4.98 Å². The summed E-state index contributed by atoms with van der Waals surface area (Å²) in [5, 5.41) is 14.9. The average Bonchev–Trinajstić information content (AvgIpc) is 3.06. The summed E-state index contributed by atoms with van der Waals surface area (Å²) in [5.41, 5.74) is 3.16. The van der Waals surface area contributed by atoms with Gasteiger partial charge >= 0.3 is 0 Å².